The smallest absolute Gasteiger partial charge is 0.288 e. The van der Waals surface area contributed by atoms with Crippen LogP contribution in [0.3, 0.4) is 0 Å². The molecule has 2 atom stereocenters. The first-order valence-electron chi connectivity index (χ1n) is 6.49. The SMILES string of the molecule is CC.O=C1CCC(N2C(=O)c3nccnc3S2=O)C(=O)N1. The lowest BCUT2D eigenvalue weighted by molar-refractivity contribution is -0.135. The van der Waals surface area contributed by atoms with E-state index in [0.29, 0.717) is 0 Å². The second-order valence-electron chi connectivity index (χ2n) is 4.06. The van der Waals surface area contributed by atoms with Gasteiger partial charge in [0, 0.05) is 18.8 Å². The van der Waals surface area contributed by atoms with E-state index in [0.717, 1.165) is 4.31 Å². The molecule has 3 amide bonds. The minimum Gasteiger partial charge on any atom is -0.295 e. The summed E-state index contributed by atoms with van der Waals surface area (Å²) in [5, 5.41) is 2.18. The number of imide groups is 1. The number of fused-ring (bicyclic) bond motifs is 1. The van der Waals surface area contributed by atoms with Crippen molar-refractivity contribution in [1.82, 2.24) is 19.6 Å². The summed E-state index contributed by atoms with van der Waals surface area (Å²) in [5.74, 6) is -1.62. The fraction of sp³-hybridized carbons (Fsp3) is 0.417. The van der Waals surface area contributed by atoms with Gasteiger partial charge in [0.15, 0.2) is 21.7 Å². The van der Waals surface area contributed by atoms with Gasteiger partial charge in [-0.3, -0.25) is 19.7 Å². The highest BCUT2D eigenvalue weighted by Gasteiger charge is 2.45. The lowest BCUT2D eigenvalue weighted by atomic mass is 10.1. The molecule has 2 aliphatic rings. The van der Waals surface area contributed by atoms with Crippen LogP contribution in [0.2, 0.25) is 0 Å². The van der Waals surface area contributed by atoms with Gasteiger partial charge in [-0.15, -0.1) is 0 Å². The number of piperidine rings is 1. The second kappa shape index (κ2) is 6.08. The summed E-state index contributed by atoms with van der Waals surface area (Å²) in [5.41, 5.74) is -0.00877. The van der Waals surface area contributed by atoms with Gasteiger partial charge in [-0.05, 0) is 6.42 Å². The summed E-state index contributed by atoms with van der Waals surface area (Å²) >= 11 is 0. The van der Waals surface area contributed by atoms with E-state index in [-0.39, 0.29) is 23.6 Å². The standard InChI is InChI=1S/C10H8N4O4S.C2H6/c15-6-2-1-5(8(16)13-6)14-10(17)7-9(19(14)18)12-4-3-11-7;1-2/h3-5H,1-2H2,(H,13,15,16);1-2H3. The topological polar surface area (TPSA) is 109 Å². The van der Waals surface area contributed by atoms with Crippen LogP contribution in [0.5, 0.6) is 0 Å². The molecule has 2 unspecified atom stereocenters. The van der Waals surface area contributed by atoms with Gasteiger partial charge < -0.3 is 0 Å². The Morgan fingerprint density at radius 2 is 1.90 bits per heavy atom. The maximum atomic E-state index is 12.2. The van der Waals surface area contributed by atoms with Crippen LogP contribution < -0.4 is 5.32 Å². The average molecular weight is 310 g/mol. The highest BCUT2D eigenvalue weighted by atomic mass is 32.2. The van der Waals surface area contributed by atoms with Crippen molar-refractivity contribution in [2.75, 3.05) is 0 Å². The van der Waals surface area contributed by atoms with Gasteiger partial charge in [0.25, 0.3) is 11.8 Å². The Morgan fingerprint density at radius 1 is 1.24 bits per heavy atom. The quantitative estimate of drug-likeness (QED) is 0.719. The van der Waals surface area contributed by atoms with Crippen LogP contribution in [0.25, 0.3) is 0 Å². The molecule has 112 valence electrons. The van der Waals surface area contributed by atoms with E-state index >= 15 is 0 Å². The van der Waals surface area contributed by atoms with Crippen LogP contribution in [-0.2, 0) is 20.6 Å². The van der Waals surface area contributed by atoms with E-state index in [1.807, 2.05) is 13.8 Å². The number of nitrogens with one attached hydrogen (secondary N) is 1. The Hall–Kier alpha value is -2.16. The van der Waals surface area contributed by atoms with E-state index in [2.05, 4.69) is 15.3 Å². The fourth-order valence-electron chi connectivity index (χ4n) is 2.04. The minimum atomic E-state index is -1.86. The average Bonchev–Trinajstić information content (AvgIpc) is 2.75. The zero-order valence-electron chi connectivity index (χ0n) is 11.5. The fourth-order valence-corrected chi connectivity index (χ4v) is 3.35. The summed E-state index contributed by atoms with van der Waals surface area (Å²) in [6.45, 7) is 4.00. The zero-order chi connectivity index (χ0) is 15.6. The third-order valence-electron chi connectivity index (χ3n) is 2.90. The van der Waals surface area contributed by atoms with Crippen molar-refractivity contribution >= 4 is 28.7 Å². The Morgan fingerprint density at radius 3 is 2.52 bits per heavy atom. The van der Waals surface area contributed by atoms with Gasteiger partial charge >= 0.3 is 0 Å². The first-order valence-corrected chi connectivity index (χ1v) is 7.60. The molecule has 0 radical (unpaired) electrons. The molecular formula is C12H14N4O4S. The van der Waals surface area contributed by atoms with Gasteiger partial charge in [0.1, 0.15) is 6.04 Å². The highest BCUT2D eigenvalue weighted by Crippen LogP contribution is 2.27. The molecule has 1 fully saturated rings. The summed E-state index contributed by atoms with van der Waals surface area (Å²) in [6, 6.07) is -0.929. The van der Waals surface area contributed by atoms with Crippen LogP contribution in [-0.4, -0.2) is 42.2 Å². The number of carbonyl (C=O) groups is 3. The summed E-state index contributed by atoms with van der Waals surface area (Å²) in [4.78, 5) is 42.6. The molecule has 2 aliphatic heterocycles. The predicted molar refractivity (Wildman–Crippen MR) is 72.1 cm³/mol. The number of hydrogen-bond donors (Lipinski definition) is 1. The van der Waals surface area contributed by atoms with E-state index in [4.69, 9.17) is 0 Å². The van der Waals surface area contributed by atoms with E-state index in [1.165, 1.54) is 12.4 Å². The van der Waals surface area contributed by atoms with Crippen LogP contribution in [0, 0.1) is 0 Å². The van der Waals surface area contributed by atoms with Crippen LogP contribution in [0.15, 0.2) is 17.4 Å². The Balaban J connectivity index is 0.000000774. The number of carbonyl (C=O) groups excluding carboxylic acids is 3. The molecule has 1 aromatic rings. The normalized spacial score (nSPS) is 24.1. The molecular weight excluding hydrogens is 296 g/mol. The van der Waals surface area contributed by atoms with Crippen LogP contribution in [0.4, 0.5) is 0 Å². The van der Waals surface area contributed by atoms with E-state index in [1.54, 1.807) is 0 Å². The lowest BCUT2D eigenvalue weighted by Crippen LogP contribution is -2.53. The van der Waals surface area contributed by atoms with Gasteiger partial charge in [0.05, 0.1) is 0 Å². The first kappa shape index (κ1) is 15.2. The Kier molecular flexibility index (Phi) is 4.41. The predicted octanol–water partition coefficient (Wildman–Crippen LogP) is -0.214. The van der Waals surface area contributed by atoms with Gasteiger partial charge in [-0.2, -0.15) is 0 Å². The molecule has 9 heteroatoms. The number of aromatic nitrogens is 2. The maximum Gasteiger partial charge on any atom is 0.288 e. The Labute approximate surface area is 123 Å². The maximum absolute atomic E-state index is 12.2. The molecule has 1 aromatic heterocycles. The van der Waals surface area contributed by atoms with Crippen molar-refractivity contribution in [3.8, 4) is 0 Å². The number of hydrogen-bond acceptors (Lipinski definition) is 6. The van der Waals surface area contributed by atoms with Crippen molar-refractivity contribution in [3.63, 3.8) is 0 Å². The Bertz CT molecular complexity index is 598. The molecule has 0 aromatic carbocycles. The monoisotopic (exact) mass is 310 g/mol. The number of amides is 3. The second-order valence-corrected chi connectivity index (χ2v) is 5.34. The van der Waals surface area contributed by atoms with Crippen molar-refractivity contribution in [3.05, 3.63) is 18.1 Å². The van der Waals surface area contributed by atoms with Gasteiger partial charge in [-0.25, -0.2) is 18.5 Å². The molecule has 3 heterocycles. The highest BCUT2D eigenvalue weighted by molar-refractivity contribution is 7.83. The minimum absolute atomic E-state index is 0.00877. The summed E-state index contributed by atoms with van der Waals surface area (Å²) in [6.07, 6.45) is 2.91. The lowest BCUT2D eigenvalue weighted by Gasteiger charge is -2.27. The largest absolute Gasteiger partial charge is 0.295 e. The third kappa shape index (κ3) is 2.56. The van der Waals surface area contributed by atoms with Gasteiger partial charge in [-0.1, -0.05) is 13.8 Å². The molecule has 0 spiro atoms. The zero-order valence-corrected chi connectivity index (χ0v) is 12.3. The molecule has 21 heavy (non-hydrogen) atoms. The molecule has 8 nitrogen and oxygen atoms in total. The van der Waals surface area contributed by atoms with Crippen molar-refractivity contribution in [2.24, 2.45) is 0 Å². The van der Waals surface area contributed by atoms with Crippen LogP contribution >= 0.6 is 0 Å². The molecule has 3 rings (SSSR count). The summed E-state index contributed by atoms with van der Waals surface area (Å²) < 4.78 is 13.1. The molecule has 0 bridgehead atoms. The molecule has 1 N–H and O–H groups in total. The van der Waals surface area contributed by atoms with E-state index < -0.39 is 34.7 Å². The van der Waals surface area contributed by atoms with Gasteiger partial charge in [0.2, 0.25) is 5.91 Å². The first-order chi connectivity index (χ1) is 10.1. The molecule has 0 aliphatic carbocycles. The number of nitrogens with zero attached hydrogens (tertiary/aromatic N) is 3. The summed E-state index contributed by atoms with van der Waals surface area (Å²) in [7, 11) is -1.86. The number of rotatable bonds is 1. The van der Waals surface area contributed by atoms with Crippen LogP contribution in [0.1, 0.15) is 37.2 Å². The third-order valence-corrected chi connectivity index (χ3v) is 4.31. The molecule has 1 saturated heterocycles. The van der Waals surface area contributed by atoms with Crippen molar-refractivity contribution in [2.45, 2.75) is 37.8 Å². The van der Waals surface area contributed by atoms with E-state index in [9.17, 15) is 18.6 Å². The van der Waals surface area contributed by atoms with Crippen molar-refractivity contribution < 1.29 is 18.6 Å². The molecule has 0 saturated carbocycles. The van der Waals surface area contributed by atoms with Crippen molar-refractivity contribution in [1.29, 1.82) is 0 Å².